The molecule has 136 valence electrons. The lowest BCUT2D eigenvalue weighted by atomic mass is 9.55. The molecule has 3 atom stereocenters. The summed E-state index contributed by atoms with van der Waals surface area (Å²) >= 11 is 1.41. The fraction of sp³-hybridized carbons (Fsp3) is 0.421. The molecule has 1 fully saturated rings. The fourth-order valence-corrected chi connectivity index (χ4v) is 4.90. The number of nitrogens with zero attached hydrogens (tertiary/aromatic N) is 4. The molecule has 7 nitrogen and oxygen atoms in total. The normalized spacial score (nSPS) is 26.0. The molecule has 1 amide bonds. The Bertz CT molecular complexity index is 901. The number of carbonyl (C=O) groups excluding carboxylic acids is 1. The zero-order chi connectivity index (χ0) is 19.6. The van der Waals surface area contributed by atoms with Crippen molar-refractivity contribution < 1.29 is 9.53 Å². The zero-order valence-corrected chi connectivity index (χ0v) is 15.5. The summed E-state index contributed by atoms with van der Waals surface area (Å²) in [5.74, 6) is -1.96. The monoisotopic (exact) mass is 379 g/mol. The van der Waals surface area contributed by atoms with Crippen molar-refractivity contribution in [3.63, 3.8) is 0 Å². The van der Waals surface area contributed by atoms with Gasteiger partial charge in [-0.25, -0.2) is 4.79 Å². The molecule has 1 aliphatic heterocycles. The van der Waals surface area contributed by atoms with Crippen LogP contribution in [0.2, 0.25) is 0 Å². The van der Waals surface area contributed by atoms with E-state index in [1.165, 1.54) is 16.2 Å². The van der Waals surface area contributed by atoms with Gasteiger partial charge >= 0.3 is 6.09 Å². The van der Waals surface area contributed by atoms with E-state index in [4.69, 9.17) is 10.1 Å². The number of thiophene rings is 1. The van der Waals surface area contributed by atoms with E-state index in [9.17, 15) is 20.6 Å². The Morgan fingerprint density at radius 1 is 1.44 bits per heavy atom. The van der Waals surface area contributed by atoms with Gasteiger partial charge in [0, 0.05) is 29.8 Å². The molecule has 2 unspecified atom stereocenters. The molecular weight excluding hydrogens is 362 g/mol. The molecule has 1 N–H and O–H groups in total. The lowest BCUT2D eigenvalue weighted by Gasteiger charge is -2.46. The highest BCUT2D eigenvalue weighted by molar-refractivity contribution is 7.10. The smallest absolute Gasteiger partial charge is 0.410 e. The summed E-state index contributed by atoms with van der Waals surface area (Å²) in [5, 5.41) is 39.8. The Kier molecular flexibility index (Phi) is 4.99. The van der Waals surface area contributed by atoms with Gasteiger partial charge < -0.3 is 15.0 Å². The molecule has 1 aromatic heterocycles. The number of hydrogen-bond acceptors (Lipinski definition) is 7. The summed E-state index contributed by atoms with van der Waals surface area (Å²) in [5.41, 5.74) is -1.21. The van der Waals surface area contributed by atoms with Gasteiger partial charge in [-0.2, -0.15) is 15.8 Å². The summed E-state index contributed by atoms with van der Waals surface area (Å²) < 4.78 is 5.09. The van der Waals surface area contributed by atoms with Crippen LogP contribution in [0, 0.1) is 56.7 Å². The quantitative estimate of drug-likeness (QED) is 0.791. The van der Waals surface area contributed by atoms with Crippen molar-refractivity contribution in [2.24, 2.45) is 17.3 Å². The number of fused-ring (bicyclic) bond motifs is 1. The van der Waals surface area contributed by atoms with Gasteiger partial charge in [0.05, 0.1) is 30.5 Å². The van der Waals surface area contributed by atoms with Crippen molar-refractivity contribution in [3.05, 3.63) is 34.0 Å². The van der Waals surface area contributed by atoms with Crippen molar-refractivity contribution in [2.45, 2.75) is 12.8 Å². The van der Waals surface area contributed by atoms with Gasteiger partial charge in [0.2, 0.25) is 0 Å². The Morgan fingerprint density at radius 2 is 2.19 bits per heavy atom. The van der Waals surface area contributed by atoms with Crippen LogP contribution in [0.4, 0.5) is 4.79 Å². The molecule has 8 heteroatoms. The van der Waals surface area contributed by atoms with E-state index in [0.29, 0.717) is 5.57 Å². The molecule has 2 heterocycles. The first-order valence-electron chi connectivity index (χ1n) is 8.50. The van der Waals surface area contributed by atoms with Gasteiger partial charge in [0.15, 0.2) is 5.41 Å². The second-order valence-electron chi connectivity index (χ2n) is 6.42. The molecule has 2 aliphatic rings. The number of nitrogens with one attached hydrogen (secondary N) is 1. The first-order valence-corrected chi connectivity index (χ1v) is 9.38. The fourth-order valence-electron chi connectivity index (χ4n) is 3.95. The molecule has 0 saturated heterocycles. The van der Waals surface area contributed by atoms with Crippen LogP contribution < -0.4 is 0 Å². The van der Waals surface area contributed by atoms with Crippen molar-refractivity contribution in [3.8, 4) is 18.2 Å². The third-order valence-corrected chi connectivity index (χ3v) is 6.12. The van der Waals surface area contributed by atoms with E-state index in [-0.39, 0.29) is 25.4 Å². The first kappa shape index (κ1) is 18.6. The molecule has 0 spiro atoms. The van der Waals surface area contributed by atoms with Crippen LogP contribution in [-0.4, -0.2) is 36.4 Å². The lowest BCUT2D eigenvalue weighted by Crippen LogP contribution is -2.53. The van der Waals surface area contributed by atoms with E-state index in [2.05, 4.69) is 6.07 Å². The van der Waals surface area contributed by atoms with E-state index in [1.807, 2.05) is 29.7 Å². The average molecular weight is 379 g/mol. The van der Waals surface area contributed by atoms with E-state index in [1.54, 1.807) is 13.0 Å². The number of nitriles is 3. The highest BCUT2D eigenvalue weighted by Gasteiger charge is 2.58. The van der Waals surface area contributed by atoms with Crippen molar-refractivity contribution in [2.75, 3.05) is 19.7 Å². The van der Waals surface area contributed by atoms with Gasteiger partial charge in [-0.15, -0.1) is 11.3 Å². The van der Waals surface area contributed by atoms with Gasteiger partial charge in [-0.3, -0.25) is 0 Å². The largest absolute Gasteiger partial charge is 0.450 e. The maximum absolute atomic E-state index is 12.2. The van der Waals surface area contributed by atoms with Crippen LogP contribution >= 0.6 is 11.3 Å². The van der Waals surface area contributed by atoms with E-state index in [0.717, 1.165) is 4.88 Å². The standard InChI is InChI=1S/C19H17N5O2S/c1-2-26-18(25)24-6-5-12-13(8-20)17(23)19(10-21,11-22)16(14(12)9-24)15-4-3-7-27-15/h3-5,7,13-14,16,23H,2,6,9H2,1H3/t13?,14?,16-/m0/s1. The molecule has 1 aromatic rings. The molecule has 0 aromatic carbocycles. The van der Waals surface area contributed by atoms with Crippen molar-refractivity contribution in [1.29, 1.82) is 21.2 Å². The predicted molar refractivity (Wildman–Crippen MR) is 97.7 cm³/mol. The highest BCUT2D eigenvalue weighted by atomic mass is 32.1. The van der Waals surface area contributed by atoms with Crippen LogP contribution in [-0.2, 0) is 4.74 Å². The van der Waals surface area contributed by atoms with E-state index < -0.39 is 29.3 Å². The first-order chi connectivity index (χ1) is 13.0. The minimum Gasteiger partial charge on any atom is -0.450 e. The Labute approximate surface area is 161 Å². The van der Waals surface area contributed by atoms with Crippen LogP contribution in [0.1, 0.15) is 17.7 Å². The van der Waals surface area contributed by atoms with Gasteiger partial charge in [0.25, 0.3) is 0 Å². The van der Waals surface area contributed by atoms with Crippen molar-refractivity contribution >= 4 is 23.1 Å². The molecule has 27 heavy (non-hydrogen) atoms. The summed E-state index contributed by atoms with van der Waals surface area (Å²) in [6.45, 7) is 2.49. The topological polar surface area (TPSA) is 125 Å². The summed E-state index contributed by atoms with van der Waals surface area (Å²) in [4.78, 5) is 14.5. The summed E-state index contributed by atoms with van der Waals surface area (Å²) in [7, 11) is 0. The molecule has 3 rings (SSSR count). The third-order valence-electron chi connectivity index (χ3n) is 5.17. The second-order valence-corrected chi connectivity index (χ2v) is 7.39. The lowest BCUT2D eigenvalue weighted by molar-refractivity contribution is 0.0994. The SMILES string of the molecule is CCOC(=O)N1CC=C2C(C#N)C(=N)C(C#N)(C#N)[C@H](c3cccs3)C2C1. The number of ether oxygens (including phenoxy) is 1. The molecule has 1 saturated carbocycles. The molecule has 0 bridgehead atoms. The number of carbonyl (C=O) groups is 1. The number of hydrogen-bond donors (Lipinski definition) is 1. The minimum atomic E-state index is -1.75. The predicted octanol–water partition coefficient (Wildman–Crippen LogP) is 3.05. The van der Waals surface area contributed by atoms with Gasteiger partial charge in [0.1, 0.15) is 5.92 Å². The summed E-state index contributed by atoms with van der Waals surface area (Å²) in [6, 6.07) is 9.81. The van der Waals surface area contributed by atoms with Crippen LogP contribution in [0.25, 0.3) is 0 Å². The third kappa shape index (κ3) is 2.77. The molecule has 1 aliphatic carbocycles. The van der Waals surface area contributed by atoms with Crippen LogP contribution in [0.15, 0.2) is 29.2 Å². The maximum Gasteiger partial charge on any atom is 0.410 e. The van der Waals surface area contributed by atoms with Crippen LogP contribution in [0.5, 0.6) is 0 Å². The van der Waals surface area contributed by atoms with Crippen molar-refractivity contribution in [1.82, 2.24) is 4.90 Å². The van der Waals surface area contributed by atoms with Crippen LogP contribution in [0.3, 0.4) is 0 Å². The zero-order valence-electron chi connectivity index (χ0n) is 14.7. The summed E-state index contributed by atoms with van der Waals surface area (Å²) in [6.07, 6.45) is 1.30. The Balaban J connectivity index is 2.15. The Morgan fingerprint density at radius 3 is 2.74 bits per heavy atom. The molecular formula is C19H17N5O2S. The maximum atomic E-state index is 12.2. The number of rotatable bonds is 2. The Hall–Kier alpha value is -3.15. The minimum absolute atomic E-state index is 0.180. The highest BCUT2D eigenvalue weighted by Crippen LogP contribution is 2.54. The second kappa shape index (κ2) is 7.23. The number of amides is 1. The van der Waals surface area contributed by atoms with E-state index >= 15 is 0 Å². The van der Waals surface area contributed by atoms with Gasteiger partial charge in [-0.05, 0) is 23.9 Å². The average Bonchev–Trinajstić information content (AvgIpc) is 3.21. The van der Waals surface area contributed by atoms with Gasteiger partial charge in [-0.1, -0.05) is 12.1 Å². The molecule has 0 radical (unpaired) electrons.